The molecule has 27 heavy (non-hydrogen) atoms. The number of anilines is 1. The number of carbonyl (C=O) groups excluding carboxylic acids is 1. The summed E-state index contributed by atoms with van der Waals surface area (Å²) < 4.78 is 18.1. The molecule has 0 saturated carbocycles. The number of hydrogen-bond donors (Lipinski definition) is 2. The summed E-state index contributed by atoms with van der Waals surface area (Å²) in [6, 6.07) is 17.3. The standard InChI is InChI=1S/C21H20FN3O2/c1-27-19-8-4-16(5-9-19)13-24-18-10-11-23-20(12-18)21(26)25-14-15-2-6-17(22)7-3-15/h2-12H,13-14H2,1H3,(H,23,24)(H,25,26). The van der Waals surface area contributed by atoms with E-state index in [2.05, 4.69) is 15.6 Å². The van der Waals surface area contributed by atoms with Crippen molar-refractivity contribution in [3.63, 3.8) is 0 Å². The molecule has 0 atom stereocenters. The molecule has 6 heteroatoms. The average molecular weight is 365 g/mol. The molecular formula is C21H20FN3O2. The van der Waals surface area contributed by atoms with Gasteiger partial charge in [-0.25, -0.2) is 4.39 Å². The highest BCUT2D eigenvalue weighted by molar-refractivity contribution is 5.93. The summed E-state index contributed by atoms with van der Waals surface area (Å²) >= 11 is 0. The lowest BCUT2D eigenvalue weighted by Crippen LogP contribution is -2.23. The maximum atomic E-state index is 12.9. The molecule has 1 heterocycles. The smallest absolute Gasteiger partial charge is 0.270 e. The van der Waals surface area contributed by atoms with E-state index >= 15 is 0 Å². The summed E-state index contributed by atoms with van der Waals surface area (Å²) in [5.41, 5.74) is 3.03. The molecular weight excluding hydrogens is 345 g/mol. The SMILES string of the molecule is COc1ccc(CNc2ccnc(C(=O)NCc3ccc(F)cc3)c2)cc1. The highest BCUT2D eigenvalue weighted by Crippen LogP contribution is 2.14. The molecule has 3 aromatic rings. The number of pyridine rings is 1. The molecule has 0 bridgehead atoms. The van der Waals surface area contributed by atoms with Crippen LogP contribution < -0.4 is 15.4 Å². The Labute approximate surface area is 157 Å². The first kappa shape index (κ1) is 18.4. The predicted molar refractivity (Wildman–Crippen MR) is 102 cm³/mol. The lowest BCUT2D eigenvalue weighted by Gasteiger charge is -2.09. The molecule has 1 aromatic heterocycles. The van der Waals surface area contributed by atoms with E-state index in [-0.39, 0.29) is 11.7 Å². The van der Waals surface area contributed by atoms with E-state index in [1.165, 1.54) is 12.1 Å². The van der Waals surface area contributed by atoms with Gasteiger partial charge in [-0.3, -0.25) is 9.78 Å². The second-order valence-electron chi connectivity index (χ2n) is 5.94. The van der Waals surface area contributed by atoms with Gasteiger partial charge < -0.3 is 15.4 Å². The van der Waals surface area contributed by atoms with E-state index in [1.807, 2.05) is 24.3 Å². The number of amides is 1. The van der Waals surface area contributed by atoms with E-state index in [0.29, 0.717) is 18.8 Å². The van der Waals surface area contributed by atoms with Crippen LogP contribution in [-0.4, -0.2) is 18.0 Å². The van der Waals surface area contributed by atoms with Gasteiger partial charge in [-0.2, -0.15) is 0 Å². The van der Waals surface area contributed by atoms with Gasteiger partial charge in [0, 0.05) is 25.0 Å². The first-order chi connectivity index (χ1) is 13.1. The summed E-state index contributed by atoms with van der Waals surface area (Å²) in [5, 5.41) is 6.05. The zero-order valence-corrected chi connectivity index (χ0v) is 14.9. The van der Waals surface area contributed by atoms with Crippen LogP contribution in [0.3, 0.4) is 0 Å². The fraction of sp³-hybridized carbons (Fsp3) is 0.143. The van der Waals surface area contributed by atoms with Crippen molar-refractivity contribution in [3.8, 4) is 5.75 Å². The molecule has 3 rings (SSSR count). The van der Waals surface area contributed by atoms with Crippen LogP contribution in [0.15, 0.2) is 66.9 Å². The van der Waals surface area contributed by atoms with Gasteiger partial charge in [0.1, 0.15) is 17.3 Å². The van der Waals surface area contributed by atoms with Crippen molar-refractivity contribution in [2.75, 3.05) is 12.4 Å². The van der Waals surface area contributed by atoms with E-state index in [4.69, 9.17) is 4.74 Å². The molecule has 0 aliphatic carbocycles. The Kier molecular flexibility index (Phi) is 5.99. The van der Waals surface area contributed by atoms with Gasteiger partial charge in [0.25, 0.3) is 5.91 Å². The molecule has 1 amide bonds. The van der Waals surface area contributed by atoms with Crippen molar-refractivity contribution in [1.29, 1.82) is 0 Å². The first-order valence-electron chi connectivity index (χ1n) is 8.49. The number of aromatic nitrogens is 1. The van der Waals surface area contributed by atoms with Crippen LogP contribution in [0.4, 0.5) is 10.1 Å². The maximum Gasteiger partial charge on any atom is 0.270 e. The maximum absolute atomic E-state index is 12.9. The third-order valence-electron chi connectivity index (χ3n) is 4.01. The molecule has 2 N–H and O–H groups in total. The van der Waals surface area contributed by atoms with Crippen LogP contribution in [0.5, 0.6) is 5.75 Å². The normalized spacial score (nSPS) is 10.3. The largest absolute Gasteiger partial charge is 0.497 e. The number of methoxy groups -OCH3 is 1. The molecule has 0 spiro atoms. The number of halogens is 1. The van der Waals surface area contributed by atoms with Crippen molar-refractivity contribution in [2.45, 2.75) is 13.1 Å². The Morgan fingerprint density at radius 2 is 1.67 bits per heavy atom. The number of nitrogens with zero attached hydrogens (tertiary/aromatic N) is 1. The van der Waals surface area contributed by atoms with Crippen molar-refractivity contribution in [3.05, 3.63) is 89.5 Å². The molecule has 2 aromatic carbocycles. The lowest BCUT2D eigenvalue weighted by atomic mass is 10.2. The number of benzene rings is 2. The van der Waals surface area contributed by atoms with Crippen LogP contribution in [0.25, 0.3) is 0 Å². The number of nitrogens with one attached hydrogen (secondary N) is 2. The molecule has 0 aliphatic heterocycles. The van der Waals surface area contributed by atoms with E-state index < -0.39 is 0 Å². The van der Waals surface area contributed by atoms with Crippen LogP contribution in [0.1, 0.15) is 21.6 Å². The highest BCUT2D eigenvalue weighted by Gasteiger charge is 2.08. The van der Waals surface area contributed by atoms with Crippen LogP contribution >= 0.6 is 0 Å². The monoisotopic (exact) mass is 365 g/mol. The fourth-order valence-corrected chi connectivity index (χ4v) is 2.49. The molecule has 0 saturated heterocycles. The quantitative estimate of drug-likeness (QED) is 0.669. The summed E-state index contributed by atoms with van der Waals surface area (Å²) in [4.78, 5) is 16.4. The number of hydrogen-bond acceptors (Lipinski definition) is 4. The van der Waals surface area contributed by atoms with Crippen molar-refractivity contribution < 1.29 is 13.9 Å². The lowest BCUT2D eigenvalue weighted by molar-refractivity contribution is 0.0946. The molecule has 0 fully saturated rings. The van der Waals surface area contributed by atoms with Gasteiger partial charge in [0.2, 0.25) is 0 Å². The average Bonchev–Trinajstić information content (AvgIpc) is 2.72. The van der Waals surface area contributed by atoms with E-state index in [1.54, 1.807) is 37.6 Å². The van der Waals surface area contributed by atoms with E-state index in [0.717, 1.165) is 22.6 Å². The molecule has 0 radical (unpaired) electrons. The van der Waals surface area contributed by atoms with Crippen LogP contribution in [0, 0.1) is 5.82 Å². The Bertz CT molecular complexity index is 896. The summed E-state index contributed by atoms with van der Waals surface area (Å²) in [5.74, 6) is 0.220. The van der Waals surface area contributed by atoms with Gasteiger partial charge in [0.15, 0.2) is 0 Å². The van der Waals surface area contributed by atoms with Gasteiger partial charge in [-0.1, -0.05) is 24.3 Å². The zero-order valence-electron chi connectivity index (χ0n) is 14.9. The summed E-state index contributed by atoms with van der Waals surface area (Å²) in [7, 11) is 1.63. The highest BCUT2D eigenvalue weighted by atomic mass is 19.1. The third-order valence-corrected chi connectivity index (χ3v) is 4.01. The fourth-order valence-electron chi connectivity index (χ4n) is 2.49. The van der Waals surface area contributed by atoms with Crippen LogP contribution in [-0.2, 0) is 13.1 Å². The minimum absolute atomic E-state index is 0.285. The minimum Gasteiger partial charge on any atom is -0.497 e. The van der Waals surface area contributed by atoms with Crippen molar-refractivity contribution >= 4 is 11.6 Å². The Morgan fingerprint density at radius 1 is 1.00 bits per heavy atom. The second kappa shape index (κ2) is 8.80. The van der Waals surface area contributed by atoms with Gasteiger partial charge >= 0.3 is 0 Å². The third kappa shape index (κ3) is 5.28. The molecule has 5 nitrogen and oxygen atoms in total. The minimum atomic E-state index is -0.303. The van der Waals surface area contributed by atoms with Gasteiger partial charge in [0.05, 0.1) is 7.11 Å². The van der Waals surface area contributed by atoms with Crippen molar-refractivity contribution in [2.24, 2.45) is 0 Å². The second-order valence-corrected chi connectivity index (χ2v) is 5.94. The zero-order chi connectivity index (χ0) is 19.1. The first-order valence-corrected chi connectivity index (χ1v) is 8.49. The Balaban J connectivity index is 1.56. The molecule has 0 aliphatic rings. The molecule has 138 valence electrons. The number of ether oxygens (including phenoxy) is 1. The van der Waals surface area contributed by atoms with Crippen molar-refractivity contribution in [1.82, 2.24) is 10.3 Å². The van der Waals surface area contributed by atoms with Crippen LogP contribution in [0.2, 0.25) is 0 Å². The summed E-state index contributed by atoms with van der Waals surface area (Å²) in [6.07, 6.45) is 1.59. The predicted octanol–water partition coefficient (Wildman–Crippen LogP) is 3.77. The Hall–Kier alpha value is -3.41. The molecule has 0 unspecified atom stereocenters. The Morgan fingerprint density at radius 3 is 2.37 bits per heavy atom. The number of rotatable bonds is 7. The number of carbonyl (C=O) groups is 1. The van der Waals surface area contributed by atoms with Gasteiger partial charge in [-0.05, 0) is 47.5 Å². The topological polar surface area (TPSA) is 63.2 Å². The summed E-state index contributed by atoms with van der Waals surface area (Å²) in [6.45, 7) is 0.926. The van der Waals surface area contributed by atoms with Gasteiger partial charge in [-0.15, -0.1) is 0 Å². The van der Waals surface area contributed by atoms with E-state index in [9.17, 15) is 9.18 Å².